The lowest BCUT2D eigenvalue weighted by Gasteiger charge is -2.34. The molecule has 1 amide bonds. The molecule has 23 heavy (non-hydrogen) atoms. The first-order chi connectivity index (χ1) is 10.9. The third kappa shape index (κ3) is 4.33. The normalized spacial score (nSPS) is 21.7. The number of amides is 1. The Bertz CT molecular complexity index is 651. The smallest absolute Gasteiger partial charge is 0.267 e. The fourth-order valence-electron chi connectivity index (χ4n) is 2.72. The van der Waals surface area contributed by atoms with Crippen LogP contribution < -0.4 is 5.32 Å². The van der Waals surface area contributed by atoms with Gasteiger partial charge in [0.2, 0.25) is 0 Å². The number of hydrogen-bond acceptors (Lipinski definition) is 4. The lowest BCUT2D eigenvalue weighted by molar-refractivity contribution is -0.112. The molecule has 1 saturated heterocycles. The molecule has 0 saturated carbocycles. The lowest BCUT2D eigenvalue weighted by Crippen LogP contribution is -2.43. The molecule has 5 nitrogen and oxygen atoms in total. The zero-order valence-electron chi connectivity index (χ0n) is 14.1. The van der Waals surface area contributed by atoms with Crippen molar-refractivity contribution in [3.05, 3.63) is 41.1 Å². The fourth-order valence-corrected chi connectivity index (χ4v) is 2.72. The van der Waals surface area contributed by atoms with Crippen molar-refractivity contribution < 1.29 is 9.53 Å². The van der Waals surface area contributed by atoms with Gasteiger partial charge in [0, 0.05) is 25.0 Å². The maximum Gasteiger partial charge on any atom is 0.267 e. The number of aryl methyl sites for hydroxylation is 1. The van der Waals surface area contributed by atoms with E-state index < -0.39 is 0 Å². The van der Waals surface area contributed by atoms with Crippen molar-refractivity contribution in [2.75, 3.05) is 18.4 Å². The molecule has 0 aliphatic carbocycles. The quantitative estimate of drug-likeness (QED) is 0.688. The van der Waals surface area contributed by atoms with Crippen LogP contribution in [0.2, 0.25) is 0 Å². The monoisotopic (exact) mass is 313 g/mol. The molecule has 1 aliphatic rings. The van der Waals surface area contributed by atoms with Crippen molar-refractivity contribution in [3.8, 4) is 6.07 Å². The lowest BCUT2D eigenvalue weighted by atomic mass is 10.1. The Morgan fingerprint density at radius 2 is 2.00 bits per heavy atom. The van der Waals surface area contributed by atoms with Crippen LogP contribution in [-0.2, 0) is 9.53 Å². The van der Waals surface area contributed by atoms with Crippen LogP contribution in [0.1, 0.15) is 25.0 Å². The first-order valence-corrected chi connectivity index (χ1v) is 7.79. The van der Waals surface area contributed by atoms with Gasteiger partial charge in [0.05, 0.1) is 12.2 Å². The molecule has 5 heteroatoms. The topological polar surface area (TPSA) is 65.4 Å². The van der Waals surface area contributed by atoms with Crippen molar-refractivity contribution in [2.24, 2.45) is 0 Å². The van der Waals surface area contributed by atoms with Crippen molar-refractivity contribution in [3.63, 3.8) is 0 Å². The number of anilines is 1. The van der Waals surface area contributed by atoms with E-state index in [9.17, 15) is 10.1 Å². The van der Waals surface area contributed by atoms with E-state index in [2.05, 4.69) is 5.32 Å². The number of benzene rings is 1. The Morgan fingerprint density at radius 3 is 2.61 bits per heavy atom. The summed E-state index contributed by atoms with van der Waals surface area (Å²) < 4.78 is 5.66. The molecule has 1 aromatic rings. The van der Waals surface area contributed by atoms with E-state index in [4.69, 9.17) is 4.74 Å². The summed E-state index contributed by atoms with van der Waals surface area (Å²) in [5.74, 6) is -0.381. The number of nitriles is 1. The Labute approximate surface area is 137 Å². The van der Waals surface area contributed by atoms with Crippen molar-refractivity contribution in [1.29, 1.82) is 5.26 Å². The number of hydrogen-bond donors (Lipinski definition) is 1. The molecule has 0 aromatic heterocycles. The first kappa shape index (κ1) is 17.0. The van der Waals surface area contributed by atoms with Crippen LogP contribution in [0.3, 0.4) is 0 Å². The van der Waals surface area contributed by atoms with Crippen LogP contribution in [0.25, 0.3) is 0 Å². The van der Waals surface area contributed by atoms with Crippen LogP contribution in [0.4, 0.5) is 5.69 Å². The second-order valence-corrected chi connectivity index (χ2v) is 6.07. The summed E-state index contributed by atoms with van der Waals surface area (Å²) in [6, 6.07) is 7.72. The van der Waals surface area contributed by atoms with Crippen LogP contribution in [0.15, 0.2) is 30.0 Å². The number of carbonyl (C=O) groups is 1. The molecule has 0 radical (unpaired) electrons. The van der Waals surface area contributed by atoms with Gasteiger partial charge in [-0.2, -0.15) is 5.26 Å². The summed E-state index contributed by atoms with van der Waals surface area (Å²) in [6.45, 7) is 9.25. The van der Waals surface area contributed by atoms with E-state index in [1.807, 2.05) is 56.9 Å². The molecule has 0 spiro atoms. The molecule has 1 aliphatic heterocycles. The molecule has 122 valence electrons. The van der Waals surface area contributed by atoms with Gasteiger partial charge in [0.25, 0.3) is 5.91 Å². The fraction of sp³-hybridized carbons (Fsp3) is 0.444. The predicted octanol–water partition coefficient (Wildman–Crippen LogP) is 2.76. The predicted molar refractivity (Wildman–Crippen MR) is 89.8 cm³/mol. The molecular formula is C18H23N3O2. The Hall–Kier alpha value is -2.32. The molecule has 1 heterocycles. The summed E-state index contributed by atoms with van der Waals surface area (Å²) in [5, 5.41) is 12.2. The van der Waals surface area contributed by atoms with Crippen molar-refractivity contribution >= 4 is 11.6 Å². The van der Waals surface area contributed by atoms with Gasteiger partial charge >= 0.3 is 0 Å². The van der Waals surface area contributed by atoms with Crippen LogP contribution in [0, 0.1) is 25.2 Å². The number of nitrogens with one attached hydrogen (secondary N) is 1. The molecule has 2 rings (SSSR count). The minimum atomic E-state index is -0.381. The van der Waals surface area contributed by atoms with Crippen LogP contribution in [-0.4, -0.2) is 36.1 Å². The third-order valence-corrected chi connectivity index (χ3v) is 3.98. The SMILES string of the molecule is Cc1cccc(NC(=O)/C(C#N)=C\N2CC(C)OC(C)C2)c1C. The highest BCUT2D eigenvalue weighted by molar-refractivity contribution is 6.06. The van der Waals surface area contributed by atoms with Crippen molar-refractivity contribution in [1.82, 2.24) is 4.90 Å². The van der Waals surface area contributed by atoms with E-state index in [1.165, 1.54) is 0 Å². The highest BCUT2D eigenvalue weighted by atomic mass is 16.5. The number of rotatable bonds is 3. The van der Waals surface area contributed by atoms with Gasteiger partial charge in [-0.05, 0) is 44.9 Å². The summed E-state index contributed by atoms with van der Waals surface area (Å²) in [7, 11) is 0. The molecule has 2 unspecified atom stereocenters. The molecule has 0 bridgehead atoms. The maximum atomic E-state index is 12.4. The maximum absolute atomic E-state index is 12.4. The molecule has 1 aromatic carbocycles. The highest BCUT2D eigenvalue weighted by Gasteiger charge is 2.21. The number of nitrogens with zero attached hydrogens (tertiary/aromatic N) is 2. The summed E-state index contributed by atoms with van der Waals surface area (Å²) in [5.41, 5.74) is 2.94. The molecular weight excluding hydrogens is 290 g/mol. The van der Waals surface area contributed by atoms with Gasteiger partial charge in [0.15, 0.2) is 0 Å². The average molecular weight is 313 g/mol. The second kappa shape index (κ2) is 7.30. The largest absolute Gasteiger partial charge is 0.372 e. The summed E-state index contributed by atoms with van der Waals surface area (Å²) in [4.78, 5) is 14.4. The summed E-state index contributed by atoms with van der Waals surface area (Å²) >= 11 is 0. The molecule has 2 atom stereocenters. The Balaban J connectivity index is 2.14. The highest BCUT2D eigenvalue weighted by Crippen LogP contribution is 2.19. The third-order valence-electron chi connectivity index (χ3n) is 3.98. The average Bonchev–Trinajstić information content (AvgIpc) is 2.48. The number of carbonyl (C=O) groups excluding carboxylic acids is 1. The zero-order chi connectivity index (χ0) is 17.0. The van der Waals surface area contributed by atoms with E-state index in [0.29, 0.717) is 13.1 Å². The van der Waals surface area contributed by atoms with Gasteiger partial charge in [-0.1, -0.05) is 12.1 Å². The Morgan fingerprint density at radius 1 is 1.35 bits per heavy atom. The van der Waals surface area contributed by atoms with E-state index in [0.717, 1.165) is 16.8 Å². The van der Waals surface area contributed by atoms with Crippen molar-refractivity contribution in [2.45, 2.75) is 39.9 Å². The van der Waals surface area contributed by atoms with Crippen LogP contribution in [0.5, 0.6) is 0 Å². The molecule has 1 fully saturated rings. The van der Waals surface area contributed by atoms with Gasteiger partial charge < -0.3 is 15.0 Å². The standard InChI is InChI=1S/C18H23N3O2/c1-12-6-5-7-17(15(12)4)20-18(22)16(8-19)11-21-9-13(2)23-14(3)10-21/h5-7,11,13-14H,9-10H2,1-4H3,(H,20,22)/b16-11-. The van der Waals surface area contributed by atoms with Gasteiger partial charge in [-0.3, -0.25) is 4.79 Å². The first-order valence-electron chi connectivity index (χ1n) is 7.79. The zero-order valence-corrected chi connectivity index (χ0v) is 14.1. The Kier molecular flexibility index (Phi) is 5.41. The summed E-state index contributed by atoms with van der Waals surface area (Å²) in [6.07, 6.45) is 1.80. The number of morpholine rings is 1. The van der Waals surface area contributed by atoms with E-state index in [-0.39, 0.29) is 23.7 Å². The minimum absolute atomic E-state index is 0.0806. The van der Waals surface area contributed by atoms with Gasteiger partial charge in [-0.25, -0.2) is 0 Å². The van der Waals surface area contributed by atoms with Gasteiger partial charge in [0.1, 0.15) is 11.6 Å². The number of ether oxygens (including phenoxy) is 1. The molecule has 1 N–H and O–H groups in total. The minimum Gasteiger partial charge on any atom is -0.372 e. The van der Waals surface area contributed by atoms with E-state index in [1.54, 1.807) is 6.20 Å². The van der Waals surface area contributed by atoms with Gasteiger partial charge in [-0.15, -0.1) is 0 Å². The van der Waals surface area contributed by atoms with Crippen LogP contribution >= 0.6 is 0 Å². The van der Waals surface area contributed by atoms with E-state index >= 15 is 0 Å². The second-order valence-electron chi connectivity index (χ2n) is 6.07.